The predicted molar refractivity (Wildman–Crippen MR) is 63.8 cm³/mol. The monoisotopic (exact) mass is 209 g/mol. The second kappa shape index (κ2) is 7.46. The van der Waals surface area contributed by atoms with Gasteiger partial charge in [0.15, 0.2) is 0 Å². The topological polar surface area (TPSA) is 29.9 Å². The van der Waals surface area contributed by atoms with Crippen LogP contribution in [-0.4, -0.2) is 22.6 Å². The van der Waals surface area contributed by atoms with E-state index in [1.807, 2.05) is 18.7 Å². The third-order valence-electron chi connectivity index (χ3n) is 2.46. The normalized spacial score (nSPS) is 11.1. The molecule has 0 aromatic carbocycles. The maximum Gasteiger partial charge on any atom is 0.0945 e. The molecule has 0 radical (unpaired) electrons. The highest BCUT2D eigenvalue weighted by atomic mass is 15.0. The molecule has 0 saturated carbocycles. The minimum absolute atomic E-state index is 0.831. The van der Waals surface area contributed by atoms with Crippen LogP contribution in [0.3, 0.4) is 0 Å². The van der Waals surface area contributed by atoms with Crippen LogP contribution in [0.25, 0.3) is 0 Å². The van der Waals surface area contributed by atoms with Gasteiger partial charge in [0.25, 0.3) is 0 Å². The molecule has 0 saturated heterocycles. The van der Waals surface area contributed by atoms with Crippen LogP contribution in [0.2, 0.25) is 0 Å². The number of rotatable bonds is 8. The van der Waals surface area contributed by atoms with E-state index in [-0.39, 0.29) is 0 Å². The van der Waals surface area contributed by atoms with Crippen LogP contribution >= 0.6 is 0 Å². The third-order valence-corrected chi connectivity index (χ3v) is 2.46. The maximum atomic E-state index is 4.01. The van der Waals surface area contributed by atoms with Gasteiger partial charge in [0.2, 0.25) is 0 Å². The number of aromatic nitrogens is 2. The van der Waals surface area contributed by atoms with Crippen molar-refractivity contribution >= 4 is 0 Å². The Kier molecular flexibility index (Phi) is 6.09. The molecule has 1 N–H and O–H groups in total. The Morgan fingerprint density at radius 3 is 2.73 bits per heavy atom. The summed E-state index contributed by atoms with van der Waals surface area (Å²) in [7, 11) is 0. The molecule has 3 heteroatoms. The van der Waals surface area contributed by atoms with E-state index >= 15 is 0 Å². The summed E-state index contributed by atoms with van der Waals surface area (Å²) in [6, 6.07) is 0. The Balaban J connectivity index is 1.85. The number of hydrogen-bond donors (Lipinski definition) is 1. The predicted octanol–water partition coefficient (Wildman–Crippen LogP) is 2.30. The zero-order valence-electron chi connectivity index (χ0n) is 9.95. The van der Waals surface area contributed by atoms with Crippen molar-refractivity contribution in [2.75, 3.05) is 13.1 Å². The summed E-state index contributed by atoms with van der Waals surface area (Å²) >= 11 is 0. The average Bonchev–Trinajstić information content (AvgIpc) is 2.68. The van der Waals surface area contributed by atoms with Crippen molar-refractivity contribution in [3.8, 4) is 0 Å². The second-order valence-corrected chi connectivity index (χ2v) is 4.44. The van der Waals surface area contributed by atoms with Crippen LogP contribution in [-0.2, 0) is 6.54 Å². The smallest absolute Gasteiger partial charge is 0.0945 e. The van der Waals surface area contributed by atoms with Gasteiger partial charge in [-0.25, -0.2) is 4.98 Å². The Bertz CT molecular complexity index is 229. The zero-order chi connectivity index (χ0) is 10.9. The number of aryl methyl sites for hydroxylation is 1. The van der Waals surface area contributed by atoms with Gasteiger partial charge < -0.3 is 9.88 Å². The van der Waals surface area contributed by atoms with Crippen LogP contribution in [0.15, 0.2) is 18.7 Å². The summed E-state index contributed by atoms with van der Waals surface area (Å²) in [5.74, 6) is 0.831. The lowest BCUT2D eigenvalue weighted by molar-refractivity contribution is 0.514. The molecule has 0 atom stereocenters. The SMILES string of the molecule is CC(C)CCCNCCCn1ccnc1. The van der Waals surface area contributed by atoms with E-state index in [9.17, 15) is 0 Å². The fraction of sp³-hybridized carbons (Fsp3) is 0.750. The van der Waals surface area contributed by atoms with E-state index in [2.05, 4.69) is 28.7 Å². The molecule has 0 aliphatic heterocycles. The van der Waals surface area contributed by atoms with E-state index in [1.165, 1.54) is 19.3 Å². The molecule has 0 unspecified atom stereocenters. The summed E-state index contributed by atoms with van der Waals surface area (Å²) in [5.41, 5.74) is 0. The quantitative estimate of drug-likeness (QED) is 0.666. The Labute approximate surface area is 92.9 Å². The van der Waals surface area contributed by atoms with Gasteiger partial charge in [0, 0.05) is 18.9 Å². The summed E-state index contributed by atoms with van der Waals surface area (Å²) in [4.78, 5) is 4.01. The van der Waals surface area contributed by atoms with E-state index < -0.39 is 0 Å². The molecule has 0 spiro atoms. The van der Waals surface area contributed by atoms with Gasteiger partial charge in [-0.1, -0.05) is 13.8 Å². The standard InChI is InChI=1S/C12H23N3/c1-12(2)5-3-6-13-7-4-9-15-10-8-14-11-15/h8,10-13H,3-7,9H2,1-2H3. The van der Waals surface area contributed by atoms with Gasteiger partial charge in [-0.3, -0.25) is 0 Å². The lowest BCUT2D eigenvalue weighted by Gasteiger charge is -2.06. The fourth-order valence-electron chi connectivity index (χ4n) is 1.57. The van der Waals surface area contributed by atoms with Crippen LogP contribution in [0.1, 0.15) is 33.1 Å². The Morgan fingerprint density at radius 1 is 1.27 bits per heavy atom. The summed E-state index contributed by atoms with van der Waals surface area (Å²) in [6.07, 6.45) is 9.52. The van der Waals surface area contributed by atoms with Crippen LogP contribution in [0.4, 0.5) is 0 Å². The molecule has 1 aromatic rings. The Morgan fingerprint density at radius 2 is 2.07 bits per heavy atom. The first-order chi connectivity index (χ1) is 7.29. The van der Waals surface area contributed by atoms with Gasteiger partial charge in [0.05, 0.1) is 6.33 Å². The molecule has 0 aliphatic carbocycles. The molecule has 0 bridgehead atoms. The fourth-order valence-corrected chi connectivity index (χ4v) is 1.57. The van der Waals surface area contributed by atoms with Crippen molar-refractivity contribution in [1.29, 1.82) is 0 Å². The minimum atomic E-state index is 0.831. The second-order valence-electron chi connectivity index (χ2n) is 4.44. The van der Waals surface area contributed by atoms with Crippen molar-refractivity contribution in [2.45, 2.75) is 39.7 Å². The lowest BCUT2D eigenvalue weighted by Crippen LogP contribution is -2.18. The Hall–Kier alpha value is -0.830. The van der Waals surface area contributed by atoms with Gasteiger partial charge in [-0.15, -0.1) is 0 Å². The number of nitrogens with zero attached hydrogens (tertiary/aromatic N) is 2. The summed E-state index contributed by atoms with van der Waals surface area (Å²) in [5, 5.41) is 3.47. The van der Waals surface area contributed by atoms with E-state index in [0.717, 1.165) is 25.6 Å². The van der Waals surface area contributed by atoms with E-state index in [4.69, 9.17) is 0 Å². The number of nitrogens with one attached hydrogen (secondary N) is 1. The molecule has 1 rings (SSSR count). The van der Waals surface area contributed by atoms with Crippen molar-refractivity contribution in [2.24, 2.45) is 5.92 Å². The molecule has 0 fully saturated rings. The summed E-state index contributed by atoms with van der Waals surface area (Å²) < 4.78 is 2.12. The molecular weight excluding hydrogens is 186 g/mol. The van der Waals surface area contributed by atoms with Gasteiger partial charge in [-0.2, -0.15) is 0 Å². The molecule has 1 heterocycles. The molecule has 0 aliphatic rings. The molecule has 15 heavy (non-hydrogen) atoms. The molecule has 0 amide bonds. The van der Waals surface area contributed by atoms with Crippen molar-refractivity contribution < 1.29 is 0 Å². The first-order valence-electron chi connectivity index (χ1n) is 5.95. The molecular formula is C12H23N3. The molecule has 3 nitrogen and oxygen atoms in total. The maximum absolute atomic E-state index is 4.01. The molecule has 1 aromatic heterocycles. The van der Waals surface area contributed by atoms with Crippen LogP contribution in [0, 0.1) is 5.92 Å². The number of hydrogen-bond acceptors (Lipinski definition) is 2. The number of imidazole rings is 1. The van der Waals surface area contributed by atoms with Crippen molar-refractivity contribution in [3.05, 3.63) is 18.7 Å². The largest absolute Gasteiger partial charge is 0.337 e. The van der Waals surface area contributed by atoms with Crippen molar-refractivity contribution in [3.63, 3.8) is 0 Å². The third kappa shape index (κ3) is 6.28. The van der Waals surface area contributed by atoms with E-state index in [0.29, 0.717) is 0 Å². The van der Waals surface area contributed by atoms with Gasteiger partial charge >= 0.3 is 0 Å². The van der Waals surface area contributed by atoms with Gasteiger partial charge in [0.1, 0.15) is 0 Å². The van der Waals surface area contributed by atoms with Crippen molar-refractivity contribution in [1.82, 2.24) is 14.9 Å². The van der Waals surface area contributed by atoms with Crippen LogP contribution in [0.5, 0.6) is 0 Å². The van der Waals surface area contributed by atoms with Gasteiger partial charge in [-0.05, 0) is 38.3 Å². The van der Waals surface area contributed by atoms with Crippen LogP contribution < -0.4 is 5.32 Å². The average molecular weight is 209 g/mol. The highest BCUT2D eigenvalue weighted by Crippen LogP contribution is 2.01. The highest BCUT2D eigenvalue weighted by Gasteiger charge is 1.94. The highest BCUT2D eigenvalue weighted by molar-refractivity contribution is 4.73. The first-order valence-corrected chi connectivity index (χ1v) is 5.95. The van der Waals surface area contributed by atoms with E-state index in [1.54, 1.807) is 0 Å². The minimum Gasteiger partial charge on any atom is -0.337 e. The first kappa shape index (κ1) is 12.2. The molecule has 86 valence electrons. The lowest BCUT2D eigenvalue weighted by atomic mass is 10.1. The summed E-state index contributed by atoms with van der Waals surface area (Å²) in [6.45, 7) is 7.88. The zero-order valence-corrected chi connectivity index (χ0v) is 9.95.